The van der Waals surface area contributed by atoms with E-state index in [1.807, 2.05) is 7.05 Å². The Morgan fingerprint density at radius 1 is 1.18 bits per heavy atom. The Bertz CT molecular complexity index is 641. The maximum atomic E-state index is 13.7. The summed E-state index contributed by atoms with van der Waals surface area (Å²) in [5.41, 5.74) is 1.09. The van der Waals surface area contributed by atoms with Crippen molar-refractivity contribution in [2.24, 2.45) is 0 Å². The van der Waals surface area contributed by atoms with Gasteiger partial charge in [0.1, 0.15) is 12.4 Å². The predicted molar refractivity (Wildman–Crippen MR) is 86.9 cm³/mol. The van der Waals surface area contributed by atoms with Crippen molar-refractivity contribution < 1.29 is 14.1 Å². The van der Waals surface area contributed by atoms with Crippen LogP contribution >= 0.6 is 23.2 Å². The molecule has 0 aliphatic carbocycles. The first-order chi connectivity index (χ1) is 10.5. The van der Waals surface area contributed by atoms with Gasteiger partial charge in [0.25, 0.3) is 5.91 Å². The molecule has 1 atom stereocenters. The lowest BCUT2D eigenvalue weighted by atomic mass is 10.2. The van der Waals surface area contributed by atoms with Crippen molar-refractivity contribution in [2.75, 3.05) is 18.9 Å². The molecule has 3 nitrogen and oxygen atoms in total. The summed E-state index contributed by atoms with van der Waals surface area (Å²) in [5.74, 6) is -0.516. The Morgan fingerprint density at radius 3 is 2.50 bits per heavy atom. The topological polar surface area (TPSA) is 33.5 Å². The smallest absolute Gasteiger partial charge is 0.279 e. The maximum Gasteiger partial charge on any atom is 0.279 e. The molecule has 0 fully saturated rings. The first-order valence-corrected chi connectivity index (χ1v) is 7.51. The molecule has 0 aliphatic heterocycles. The number of hydrogen-bond acceptors (Lipinski definition) is 1. The van der Waals surface area contributed by atoms with Gasteiger partial charge in [-0.3, -0.25) is 4.79 Å². The Balaban J connectivity index is 1.92. The number of nitrogens with one attached hydrogen (secondary N) is 2. The van der Waals surface area contributed by atoms with Gasteiger partial charge in [0.2, 0.25) is 0 Å². The molecular weight excluding hydrogens is 326 g/mol. The van der Waals surface area contributed by atoms with Crippen LogP contribution in [-0.2, 0) is 11.3 Å². The molecule has 2 N–H and O–H groups in total. The number of carbonyl (C=O) groups is 1. The van der Waals surface area contributed by atoms with Crippen LogP contribution < -0.4 is 10.2 Å². The molecule has 2 rings (SSSR count). The van der Waals surface area contributed by atoms with Gasteiger partial charge in [0.15, 0.2) is 6.54 Å². The fraction of sp³-hybridized carbons (Fsp3) is 0.188. The average molecular weight is 342 g/mol. The summed E-state index contributed by atoms with van der Waals surface area (Å²) in [6, 6.07) is 11.4. The Hall–Kier alpha value is -1.62. The Morgan fingerprint density at radius 2 is 1.86 bits per heavy atom. The summed E-state index contributed by atoms with van der Waals surface area (Å²) in [5, 5.41) is 3.75. The molecule has 2 aromatic rings. The molecule has 2 aromatic carbocycles. The quantitative estimate of drug-likeness (QED) is 0.861. The third kappa shape index (κ3) is 4.70. The van der Waals surface area contributed by atoms with Crippen LogP contribution in [0.25, 0.3) is 0 Å². The zero-order valence-corrected chi connectivity index (χ0v) is 13.5. The van der Waals surface area contributed by atoms with E-state index in [1.54, 1.807) is 36.4 Å². The molecule has 0 radical (unpaired) electrons. The van der Waals surface area contributed by atoms with Crippen LogP contribution in [0.2, 0.25) is 10.0 Å². The number of halogens is 3. The molecule has 0 spiro atoms. The summed E-state index contributed by atoms with van der Waals surface area (Å²) < 4.78 is 13.7. The van der Waals surface area contributed by atoms with E-state index in [4.69, 9.17) is 23.2 Å². The molecule has 6 heteroatoms. The summed E-state index contributed by atoms with van der Waals surface area (Å²) in [6.45, 7) is 0.535. The molecular formula is C16H16Cl2FN2O+. The number of carbonyl (C=O) groups excluding carboxylic acids is 1. The van der Waals surface area contributed by atoms with Gasteiger partial charge in [-0.05, 0) is 36.4 Å². The second kappa shape index (κ2) is 7.58. The summed E-state index contributed by atoms with van der Waals surface area (Å²) >= 11 is 11.8. The number of rotatable bonds is 5. The van der Waals surface area contributed by atoms with E-state index in [9.17, 15) is 9.18 Å². The van der Waals surface area contributed by atoms with Crippen LogP contribution in [0.5, 0.6) is 0 Å². The second-order valence-electron chi connectivity index (χ2n) is 5.07. The number of amides is 1. The lowest BCUT2D eigenvalue weighted by molar-refractivity contribution is -0.885. The van der Waals surface area contributed by atoms with Gasteiger partial charge in [-0.15, -0.1) is 0 Å². The molecule has 0 aliphatic rings. The second-order valence-corrected chi connectivity index (χ2v) is 5.91. The van der Waals surface area contributed by atoms with Crippen LogP contribution in [0.1, 0.15) is 5.56 Å². The Kier molecular flexibility index (Phi) is 5.77. The number of hydrogen-bond donors (Lipinski definition) is 2. The highest BCUT2D eigenvalue weighted by atomic mass is 35.5. The third-order valence-corrected chi connectivity index (χ3v) is 3.74. The van der Waals surface area contributed by atoms with E-state index in [0.717, 1.165) is 4.90 Å². The van der Waals surface area contributed by atoms with Gasteiger partial charge in [-0.25, -0.2) is 4.39 Å². The molecule has 0 saturated carbocycles. The lowest BCUT2D eigenvalue weighted by Crippen LogP contribution is -3.08. The van der Waals surface area contributed by atoms with Crippen molar-refractivity contribution in [3.8, 4) is 0 Å². The van der Waals surface area contributed by atoms with Gasteiger partial charge in [0.05, 0.1) is 17.6 Å². The van der Waals surface area contributed by atoms with E-state index in [2.05, 4.69) is 5.32 Å². The van der Waals surface area contributed by atoms with E-state index < -0.39 is 0 Å². The minimum atomic E-state index is -0.357. The fourth-order valence-electron chi connectivity index (χ4n) is 2.08. The molecule has 1 unspecified atom stereocenters. The number of benzene rings is 2. The van der Waals surface area contributed by atoms with Crippen LogP contribution in [-0.4, -0.2) is 19.5 Å². The van der Waals surface area contributed by atoms with Crippen molar-refractivity contribution >= 4 is 34.8 Å². The maximum absolute atomic E-state index is 13.7. The molecule has 0 heterocycles. The standard InChI is InChI=1S/C16H15Cl2FN2O/c1-21(9-13-14(18)3-2-4-15(13)19)10-16(22)20-12-7-5-11(17)6-8-12/h2-8H,9-10H2,1H3,(H,20,22)/p+1. The average Bonchev–Trinajstić information content (AvgIpc) is 2.45. The molecule has 116 valence electrons. The van der Waals surface area contributed by atoms with E-state index in [-0.39, 0.29) is 18.3 Å². The summed E-state index contributed by atoms with van der Waals surface area (Å²) in [4.78, 5) is 12.8. The third-order valence-electron chi connectivity index (χ3n) is 3.13. The number of quaternary nitrogens is 1. The predicted octanol–water partition coefficient (Wildman–Crippen LogP) is 2.79. The van der Waals surface area contributed by atoms with E-state index >= 15 is 0 Å². The number of likely N-dealkylation sites (N-methyl/N-ethyl adjacent to an activating group) is 1. The van der Waals surface area contributed by atoms with Crippen LogP contribution in [0.15, 0.2) is 42.5 Å². The lowest BCUT2D eigenvalue weighted by Gasteiger charge is -2.15. The van der Waals surface area contributed by atoms with Crippen molar-refractivity contribution in [3.05, 3.63) is 63.9 Å². The van der Waals surface area contributed by atoms with Crippen molar-refractivity contribution in [3.63, 3.8) is 0 Å². The van der Waals surface area contributed by atoms with Crippen LogP contribution in [0.4, 0.5) is 10.1 Å². The first kappa shape index (κ1) is 16.7. The largest absolute Gasteiger partial charge is 0.326 e. The zero-order valence-electron chi connectivity index (χ0n) is 12.0. The monoisotopic (exact) mass is 341 g/mol. The molecule has 0 aromatic heterocycles. The minimum absolute atomic E-state index is 0.160. The molecule has 1 amide bonds. The minimum Gasteiger partial charge on any atom is -0.326 e. The summed E-state index contributed by atoms with van der Waals surface area (Å²) in [7, 11) is 1.81. The fourth-order valence-corrected chi connectivity index (χ4v) is 2.43. The van der Waals surface area contributed by atoms with Gasteiger partial charge in [-0.2, -0.15) is 0 Å². The van der Waals surface area contributed by atoms with E-state index in [1.165, 1.54) is 6.07 Å². The Labute approximate surface area is 138 Å². The zero-order chi connectivity index (χ0) is 16.1. The highest BCUT2D eigenvalue weighted by molar-refractivity contribution is 6.31. The van der Waals surface area contributed by atoms with Crippen molar-refractivity contribution in [1.29, 1.82) is 0 Å². The van der Waals surface area contributed by atoms with Crippen molar-refractivity contribution in [1.82, 2.24) is 0 Å². The SMILES string of the molecule is C[NH+](CC(=O)Nc1ccc(Cl)cc1)Cc1c(F)cccc1Cl. The molecule has 0 saturated heterocycles. The molecule has 22 heavy (non-hydrogen) atoms. The highest BCUT2D eigenvalue weighted by Gasteiger charge is 2.15. The highest BCUT2D eigenvalue weighted by Crippen LogP contribution is 2.17. The van der Waals surface area contributed by atoms with E-state index in [0.29, 0.717) is 27.8 Å². The number of anilines is 1. The van der Waals surface area contributed by atoms with Gasteiger partial charge in [0, 0.05) is 10.7 Å². The van der Waals surface area contributed by atoms with Gasteiger partial charge < -0.3 is 10.2 Å². The normalized spacial score (nSPS) is 12.0. The van der Waals surface area contributed by atoms with Gasteiger partial charge in [-0.1, -0.05) is 29.3 Å². The first-order valence-electron chi connectivity index (χ1n) is 6.75. The molecule has 0 bridgehead atoms. The van der Waals surface area contributed by atoms with Crippen LogP contribution in [0, 0.1) is 5.82 Å². The van der Waals surface area contributed by atoms with Crippen LogP contribution in [0.3, 0.4) is 0 Å². The summed E-state index contributed by atoms with van der Waals surface area (Å²) in [6.07, 6.45) is 0. The van der Waals surface area contributed by atoms with Gasteiger partial charge >= 0.3 is 0 Å². The van der Waals surface area contributed by atoms with Crippen molar-refractivity contribution in [2.45, 2.75) is 6.54 Å².